The number of benzene rings is 1. The number of rotatable bonds is 6. The van der Waals surface area contributed by atoms with E-state index in [2.05, 4.69) is 5.32 Å². The molecule has 1 aliphatic heterocycles. The minimum atomic E-state index is -0.304. The number of fused-ring (bicyclic) bond motifs is 1. The van der Waals surface area contributed by atoms with Crippen molar-refractivity contribution in [2.45, 2.75) is 20.8 Å². The summed E-state index contributed by atoms with van der Waals surface area (Å²) in [6, 6.07) is 4.97. The fraction of sp³-hybridized carbons (Fsp3) is 0.471. The topological polar surface area (TPSA) is 79.0 Å². The summed E-state index contributed by atoms with van der Waals surface area (Å²) in [6.45, 7) is 7.12. The second kappa shape index (κ2) is 7.81. The van der Waals surface area contributed by atoms with Gasteiger partial charge >= 0.3 is 0 Å². The van der Waals surface area contributed by atoms with Crippen LogP contribution in [0.4, 0.5) is 5.69 Å². The van der Waals surface area contributed by atoms with Crippen LogP contribution < -0.4 is 15.0 Å². The van der Waals surface area contributed by atoms with Gasteiger partial charge in [-0.3, -0.25) is 19.3 Å². The maximum atomic E-state index is 12.5. The van der Waals surface area contributed by atoms with Crippen molar-refractivity contribution in [3.63, 3.8) is 0 Å². The Morgan fingerprint density at radius 3 is 2.58 bits per heavy atom. The maximum absolute atomic E-state index is 12.5. The van der Waals surface area contributed by atoms with Crippen LogP contribution in [0.1, 0.15) is 31.1 Å². The van der Waals surface area contributed by atoms with Gasteiger partial charge in [0.2, 0.25) is 5.91 Å². The maximum Gasteiger partial charge on any atom is 0.265 e. The lowest BCUT2D eigenvalue weighted by molar-refractivity contribution is -0.125. The van der Waals surface area contributed by atoms with Crippen molar-refractivity contribution >= 4 is 23.4 Å². The average Bonchev–Trinajstić information content (AvgIpc) is 2.58. The Bertz CT molecular complexity index is 641. The van der Waals surface area contributed by atoms with Crippen LogP contribution in [0, 0.1) is 0 Å². The molecule has 2 rings (SSSR count). The minimum absolute atomic E-state index is 0.0913. The second-order valence-corrected chi connectivity index (χ2v) is 5.38. The number of carbonyl (C=O) groups is 3. The van der Waals surface area contributed by atoms with Crippen molar-refractivity contribution in [2.75, 3.05) is 37.7 Å². The predicted octanol–water partition coefficient (Wildman–Crippen LogP) is 1.03. The van der Waals surface area contributed by atoms with Crippen LogP contribution in [0.25, 0.3) is 0 Å². The molecule has 0 fully saturated rings. The van der Waals surface area contributed by atoms with Gasteiger partial charge in [0.25, 0.3) is 11.8 Å². The lowest BCUT2D eigenvalue weighted by atomic mass is 10.1. The van der Waals surface area contributed by atoms with Gasteiger partial charge in [0.15, 0.2) is 6.61 Å². The Morgan fingerprint density at radius 2 is 1.96 bits per heavy atom. The van der Waals surface area contributed by atoms with E-state index in [0.717, 1.165) is 0 Å². The Morgan fingerprint density at radius 1 is 1.25 bits per heavy atom. The zero-order chi connectivity index (χ0) is 17.7. The lowest BCUT2D eigenvalue weighted by Gasteiger charge is -2.29. The fourth-order valence-corrected chi connectivity index (χ4v) is 2.60. The summed E-state index contributed by atoms with van der Waals surface area (Å²) >= 11 is 0. The zero-order valence-electron chi connectivity index (χ0n) is 14.3. The largest absolute Gasteiger partial charge is 0.482 e. The van der Waals surface area contributed by atoms with Crippen molar-refractivity contribution in [3.05, 3.63) is 23.8 Å². The molecule has 3 amide bonds. The number of nitrogens with one attached hydrogen (secondary N) is 1. The van der Waals surface area contributed by atoms with Crippen LogP contribution in [-0.4, -0.2) is 55.4 Å². The zero-order valence-corrected chi connectivity index (χ0v) is 14.3. The summed E-state index contributed by atoms with van der Waals surface area (Å²) in [5.74, 6) is -0.172. The first-order chi connectivity index (χ1) is 11.5. The van der Waals surface area contributed by atoms with Crippen molar-refractivity contribution < 1.29 is 19.1 Å². The Kier molecular flexibility index (Phi) is 5.78. The Hall–Kier alpha value is -2.57. The third-order valence-electron chi connectivity index (χ3n) is 3.88. The molecule has 1 aromatic rings. The highest BCUT2D eigenvalue weighted by Gasteiger charge is 2.28. The van der Waals surface area contributed by atoms with Gasteiger partial charge in [-0.25, -0.2) is 0 Å². The molecule has 130 valence electrons. The van der Waals surface area contributed by atoms with Crippen LogP contribution in [0.3, 0.4) is 0 Å². The van der Waals surface area contributed by atoms with Gasteiger partial charge in [-0.15, -0.1) is 0 Å². The van der Waals surface area contributed by atoms with Crippen LogP contribution >= 0.6 is 0 Å². The molecule has 7 nitrogen and oxygen atoms in total. The van der Waals surface area contributed by atoms with E-state index in [1.165, 1.54) is 4.90 Å². The van der Waals surface area contributed by atoms with E-state index in [4.69, 9.17) is 4.74 Å². The fourth-order valence-electron chi connectivity index (χ4n) is 2.60. The van der Waals surface area contributed by atoms with E-state index in [-0.39, 0.29) is 30.9 Å². The summed E-state index contributed by atoms with van der Waals surface area (Å²) in [4.78, 5) is 39.6. The molecule has 1 N–H and O–H groups in total. The number of carbonyl (C=O) groups excluding carboxylic acids is 3. The minimum Gasteiger partial charge on any atom is -0.482 e. The summed E-state index contributed by atoms with van der Waals surface area (Å²) < 4.78 is 5.41. The van der Waals surface area contributed by atoms with Gasteiger partial charge in [-0.1, -0.05) is 0 Å². The quantitative estimate of drug-likeness (QED) is 0.843. The molecule has 0 aliphatic carbocycles. The molecule has 1 aromatic carbocycles. The molecular formula is C17H23N3O4. The van der Waals surface area contributed by atoms with Crippen molar-refractivity contribution in [3.8, 4) is 5.75 Å². The van der Waals surface area contributed by atoms with Crippen LogP contribution in [0.2, 0.25) is 0 Å². The predicted molar refractivity (Wildman–Crippen MR) is 90.2 cm³/mol. The Balaban J connectivity index is 2.33. The lowest BCUT2D eigenvalue weighted by Crippen LogP contribution is -2.45. The molecule has 0 saturated heterocycles. The Labute approximate surface area is 141 Å². The summed E-state index contributed by atoms with van der Waals surface area (Å²) in [6.07, 6.45) is 0. The molecule has 24 heavy (non-hydrogen) atoms. The van der Waals surface area contributed by atoms with Gasteiger partial charge in [0, 0.05) is 25.2 Å². The molecule has 0 unspecified atom stereocenters. The standard InChI is InChI=1S/C17H23N3O4/c1-4-18-15(21)10-20-13-9-12(17(23)19(5-2)6-3)7-8-14(13)24-11-16(20)22/h7-9H,4-6,10-11H2,1-3H3,(H,18,21). The summed E-state index contributed by atoms with van der Waals surface area (Å²) in [5, 5.41) is 2.67. The van der Waals surface area contributed by atoms with Crippen molar-refractivity contribution in [1.82, 2.24) is 10.2 Å². The molecule has 0 saturated carbocycles. The van der Waals surface area contributed by atoms with Crippen LogP contribution in [-0.2, 0) is 9.59 Å². The van der Waals surface area contributed by atoms with Gasteiger partial charge < -0.3 is 15.0 Å². The number of ether oxygens (including phenoxy) is 1. The first-order valence-corrected chi connectivity index (χ1v) is 8.14. The third kappa shape index (κ3) is 3.67. The molecule has 0 atom stereocenters. The molecule has 1 heterocycles. The van der Waals surface area contributed by atoms with E-state index in [1.807, 2.05) is 20.8 Å². The summed E-state index contributed by atoms with van der Waals surface area (Å²) in [5.41, 5.74) is 0.923. The van der Waals surface area contributed by atoms with E-state index in [0.29, 0.717) is 36.6 Å². The van der Waals surface area contributed by atoms with Crippen LogP contribution in [0.15, 0.2) is 18.2 Å². The monoisotopic (exact) mass is 333 g/mol. The highest BCUT2D eigenvalue weighted by molar-refractivity contribution is 6.04. The molecule has 0 aromatic heterocycles. The third-order valence-corrected chi connectivity index (χ3v) is 3.88. The van der Waals surface area contributed by atoms with Gasteiger partial charge in [-0.2, -0.15) is 0 Å². The van der Waals surface area contributed by atoms with Gasteiger partial charge in [0.05, 0.1) is 5.69 Å². The van der Waals surface area contributed by atoms with Crippen LogP contribution in [0.5, 0.6) is 5.75 Å². The molecular weight excluding hydrogens is 310 g/mol. The summed E-state index contributed by atoms with van der Waals surface area (Å²) in [7, 11) is 0. The first kappa shape index (κ1) is 17.8. The highest BCUT2D eigenvalue weighted by atomic mass is 16.5. The van der Waals surface area contributed by atoms with Crippen molar-refractivity contribution in [2.24, 2.45) is 0 Å². The van der Waals surface area contributed by atoms with Crippen molar-refractivity contribution in [1.29, 1.82) is 0 Å². The second-order valence-electron chi connectivity index (χ2n) is 5.38. The average molecular weight is 333 g/mol. The number of likely N-dealkylation sites (N-methyl/N-ethyl adjacent to an activating group) is 1. The molecule has 0 radical (unpaired) electrons. The van der Waals surface area contributed by atoms with E-state index in [1.54, 1.807) is 23.1 Å². The smallest absolute Gasteiger partial charge is 0.265 e. The number of anilines is 1. The van der Waals surface area contributed by atoms with E-state index < -0.39 is 0 Å². The number of hydrogen-bond acceptors (Lipinski definition) is 4. The molecule has 1 aliphatic rings. The van der Waals surface area contributed by atoms with E-state index in [9.17, 15) is 14.4 Å². The number of amides is 3. The SMILES string of the molecule is CCNC(=O)CN1C(=O)COc2ccc(C(=O)N(CC)CC)cc21. The molecule has 7 heteroatoms. The normalized spacial score (nSPS) is 13.1. The highest BCUT2D eigenvalue weighted by Crippen LogP contribution is 2.33. The molecule has 0 bridgehead atoms. The first-order valence-electron chi connectivity index (χ1n) is 8.14. The van der Waals surface area contributed by atoms with Gasteiger partial charge in [-0.05, 0) is 39.0 Å². The molecule has 0 spiro atoms. The van der Waals surface area contributed by atoms with Gasteiger partial charge in [0.1, 0.15) is 12.3 Å². The van der Waals surface area contributed by atoms with E-state index >= 15 is 0 Å². The number of hydrogen-bond donors (Lipinski definition) is 1. The number of nitrogens with zero attached hydrogens (tertiary/aromatic N) is 2.